The normalized spacial score (nSPS) is 12.6. The molecule has 1 aliphatic heterocycles. The van der Waals surface area contributed by atoms with E-state index in [4.69, 9.17) is 4.74 Å². The lowest BCUT2D eigenvalue weighted by Crippen LogP contribution is -2.24. The van der Waals surface area contributed by atoms with Gasteiger partial charge in [-0.2, -0.15) is 0 Å². The van der Waals surface area contributed by atoms with Gasteiger partial charge in [0.05, 0.1) is 12.0 Å². The van der Waals surface area contributed by atoms with Crippen LogP contribution >= 0.6 is 11.8 Å². The van der Waals surface area contributed by atoms with Crippen LogP contribution in [0.1, 0.15) is 21.7 Å². The van der Waals surface area contributed by atoms with Crippen LogP contribution in [0.15, 0.2) is 46.8 Å². The second-order valence-corrected chi connectivity index (χ2v) is 6.93. The molecule has 3 heterocycles. The molecule has 0 saturated heterocycles. The van der Waals surface area contributed by atoms with Crippen molar-refractivity contribution in [3.05, 3.63) is 53.9 Å². The van der Waals surface area contributed by atoms with Crippen LogP contribution in [-0.4, -0.2) is 39.6 Å². The molecule has 132 valence electrons. The van der Waals surface area contributed by atoms with Crippen molar-refractivity contribution >= 4 is 29.6 Å². The molecule has 0 amide bonds. The minimum atomic E-state index is 0.391. The third-order valence-electron chi connectivity index (χ3n) is 4.28. The molecule has 0 bridgehead atoms. The number of carbonyl (C=O) groups excluding carboxylic acids is 1. The maximum Gasteiger partial charge on any atom is 0.170 e. The van der Waals surface area contributed by atoms with Gasteiger partial charge in [-0.15, -0.1) is 0 Å². The Hall–Kier alpha value is -2.71. The summed E-state index contributed by atoms with van der Waals surface area (Å²) in [4.78, 5) is 27.2. The number of hydrogen-bond acceptors (Lipinski definition) is 7. The number of imidazole rings is 1. The Morgan fingerprint density at radius 2 is 2.08 bits per heavy atom. The Labute approximate surface area is 155 Å². The molecule has 3 aromatic rings. The molecule has 0 N–H and O–H groups in total. The fourth-order valence-electron chi connectivity index (χ4n) is 2.94. The Kier molecular flexibility index (Phi) is 4.44. The Morgan fingerprint density at radius 3 is 2.85 bits per heavy atom. The molecule has 0 aliphatic carbocycles. The average molecular weight is 367 g/mol. The minimum absolute atomic E-state index is 0.391. The summed E-state index contributed by atoms with van der Waals surface area (Å²) >= 11 is 1.60. The van der Waals surface area contributed by atoms with E-state index in [1.54, 1.807) is 37.6 Å². The van der Waals surface area contributed by atoms with Gasteiger partial charge in [0.1, 0.15) is 17.5 Å². The van der Waals surface area contributed by atoms with Crippen LogP contribution in [-0.2, 0) is 11.3 Å². The van der Waals surface area contributed by atoms with Crippen LogP contribution in [0.3, 0.4) is 0 Å². The van der Waals surface area contributed by atoms with Crippen LogP contribution in [0, 0.1) is 6.92 Å². The lowest BCUT2D eigenvalue weighted by atomic mass is 10.1. The van der Waals surface area contributed by atoms with Crippen molar-refractivity contribution in [3.8, 4) is 0 Å². The number of hydrogen-bond donors (Lipinski definition) is 0. The number of fused-ring (bicyclic) bond motifs is 2. The minimum Gasteiger partial charge on any atom is -0.364 e. The van der Waals surface area contributed by atoms with E-state index >= 15 is 0 Å². The Morgan fingerprint density at radius 1 is 1.23 bits per heavy atom. The van der Waals surface area contributed by atoms with Gasteiger partial charge >= 0.3 is 0 Å². The summed E-state index contributed by atoms with van der Waals surface area (Å²) in [7, 11) is 1.66. The van der Waals surface area contributed by atoms with E-state index in [1.807, 2.05) is 16.4 Å². The smallest absolute Gasteiger partial charge is 0.170 e. The number of aldehydes is 1. The summed E-state index contributed by atoms with van der Waals surface area (Å²) in [6.45, 7) is 2.93. The summed E-state index contributed by atoms with van der Waals surface area (Å²) in [5, 5.41) is 0.867. The fourth-order valence-corrected chi connectivity index (χ4v) is 3.93. The lowest BCUT2D eigenvalue weighted by molar-refractivity contribution is 0.111. The first kappa shape index (κ1) is 16.7. The predicted molar refractivity (Wildman–Crippen MR) is 98.1 cm³/mol. The summed E-state index contributed by atoms with van der Waals surface area (Å²) < 4.78 is 7.35. The first-order chi connectivity index (χ1) is 12.7. The van der Waals surface area contributed by atoms with Crippen molar-refractivity contribution in [2.24, 2.45) is 0 Å². The van der Waals surface area contributed by atoms with Gasteiger partial charge < -0.3 is 9.30 Å². The van der Waals surface area contributed by atoms with Crippen LogP contribution in [0.5, 0.6) is 0 Å². The highest BCUT2D eigenvalue weighted by Gasteiger charge is 2.25. The fraction of sp³-hybridized carbons (Fsp3) is 0.222. The molecule has 2 aromatic heterocycles. The van der Waals surface area contributed by atoms with Crippen molar-refractivity contribution in [1.29, 1.82) is 0 Å². The second-order valence-electron chi connectivity index (χ2n) is 5.90. The van der Waals surface area contributed by atoms with Crippen LogP contribution in [0.25, 0.3) is 0 Å². The monoisotopic (exact) mass is 367 g/mol. The zero-order valence-electron chi connectivity index (χ0n) is 14.4. The zero-order valence-corrected chi connectivity index (χ0v) is 15.2. The summed E-state index contributed by atoms with van der Waals surface area (Å²) in [5.74, 6) is 0.797. The molecule has 8 heteroatoms. The molecule has 0 unspecified atom stereocenters. The number of anilines is 2. The molecular weight excluding hydrogens is 350 g/mol. The van der Waals surface area contributed by atoms with Crippen molar-refractivity contribution in [3.63, 3.8) is 0 Å². The van der Waals surface area contributed by atoms with E-state index < -0.39 is 0 Å². The second kappa shape index (κ2) is 6.89. The maximum atomic E-state index is 11.0. The molecule has 0 saturated carbocycles. The first-order valence-electron chi connectivity index (χ1n) is 8.06. The molecule has 26 heavy (non-hydrogen) atoms. The highest BCUT2D eigenvalue weighted by atomic mass is 32.2. The number of aromatic nitrogens is 4. The third-order valence-corrected chi connectivity index (χ3v) is 5.33. The van der Waals surface area contributed by atoms with Gasteiger partial charge in [-0.3, -0.25) is 9.69 Å². The molecule has 0 fully saturated rings. The molecule has 1 aromatic carbocycles. The number of nitrogens with zero attached hydrogens (tertiary/aromatic N) is 5. The summed E-state index contributed by atoms with van der Waals surface area (Å²) in [6, 6.07) is 6.29. The lowest BCUT2D eigenvalue weighted by Gasteiger charge is -2.30. The predicted octanol–water partition coefficient (Wildman–Crippen LogP) is 3.05. The van der Waals surface area contributed by atoms with Crippen molar-refractivity contribution in [1.82, 2.24) is 19.5 Å². The van der Waals surface area contributed by atoms with E-state index in [0.29, 0.717) is 19.0 Å². The van der Waals surface area contributed by atoms with Crippen LogP contribution < -0.4 is 4.90 Å². The molecule has 7 nitrogen and oxygen atoms in total. The van der Waals surface area contributed by atoms with Gasteiger partial charge in [0.2, 0.25) is 0 Å². The number of benzene rings is 1. The molecule has 0 spiro atoms. The highest BCUT2D eigenvalue weighted by Crippen LogP contribution is 2.46. The van der Waals surface area contributed by atoms with E-state index in [1.165, 1.54) is 0 Å². The number of methoxy groups -OCH3 is 1. The quantitative estimate of drug-likeness (QED) is 0.642. The van der Waals surface area contributed by atoms with Crippen LogP contribution in [0.2, 0.25) is 0 Å². The highest BCUT2D eigenvalue weighted by molar-refractivity contribution is 7.99. The average Bonchev–Trinajstić information content (AvgIpc) is 3.01. The number of ether oxygens (including phenoxy) is 1. The van der Waals surface area contributed by atoms with Gasteiger partial charge in [0, 0.05) is 36.6 Å². The Bertz CT molecular complexity index is 972. The topological polar surface area (TPSA) is 73.1 Å². The molecule has 0 radical (unpaired) electrons. The number of carbonyl (C=O) groups is 1. The van der Waals surface area contributed by atoms with Gasteiger partial charge in [-0.25, -0.2) is 15.0 Å². The van der Waals surface area contributed by atoms with Crippen molar-refractivity contribution < 1.29 is 9.53 Å². The van der Waals surface area contributed by atoms with Gasteiger partial charge in [-0.05, 0) is 24.6 Å². The van der Waals surface area contributed by atoms with Crippen LogP contribution in [0.4, 0.5) is 11.5 Å². The molecular formula is C18H17N5O2S. The van der Waals surface area contributed by atoms with Crippen molar-refractivity contribution in [2.45, 2.75) is 23.4 Å². The Balaban J connectivity index is 1.71. The molecule has 0 atom stereocenters. The van der Waals surface area contributed by atoms with E-state index in [2.05, 4.69) is 33.2 Å². The van der Waals surface area contributed by atoms with Gasteiger partial charge in [0.15, 0.2) is 12.1 Å². The summed E-state index contributed by atoms with van der Waals surface area (Å²) in [5.41, 5.74) is 3.48. The third kappa shape index (κ3) is 2.87. The first-order valence-corrected chi connectivity index (χ1v) is 8.88. The maximum absolute atomic E-state index is 11.0. The zero-order chi connectivity index (χ0) is 18.1. The molecule has 4 rings (SSSR count). The largest absolute Gasteiger partial charge is 0.364 e. The van der Waals surface area contributed by atoms with E-state index in [-0.39, 0.29) is 0 Å². The van der Waals surface area contributed by atoms with E-state index in [0.717, 1.165) is 39.0 Å². The van der Waals surface area contributed by atoms with Crippen molar-refractivity contribution in [2.75, 3.05) is 18.7 Å². The van der Waals surface area contributed by atoms with Gasteiger partial charge in [0.25, 0.3) is 0 Å². The summed E-state index contributed by atoms with van der Waals surface area (Å²) in [6.07, 6.45) is 5.86. The van der Waals surface area contributed by atoms with E-state index in [9.17, 15) is 4.79 Å². The SMILES string of the molecule is COCN1c2cc(Cn3cnc(C=O)c3C)ccc2Sc2nccnc21. The van der Waals surface area contributed by atoms with Gasteiger partial charge in [-0.1, -0.05) is 17.8 Å². The molecule has 1 aliphatic rings. The number of rotatable bonds is 5. The standard InChI is InChI=1S/C18H17N5O2S/c1-12-14(9-24)21-10-22(12)8-13-3-4-16-15(7-13)23(11-25-2)17-18(26-16)20-6-5-19-17/h3-7,9-10H,8,11H2,1-2H3.